The fourth-order valence-corrected chi connectivity index (χ4v) is 2.79. The van der Waals surface area contributed by atoms with Crippen LogP contribution in [-0.2, 0) is 10.2 Å². The molecule has 2 aliphatic heterocycles. The van der Waals surface area contributed by atoms with Gasteiger partial charge in [-0.3, -0.25) is 0 Å². The molecule has 2 heterocycles. The summed E-state index contributed by atoms with van der Waals surface area (Å²) in [6.45, 7) is 6.98. The van der Waals surface area contributed by atoms with E-state index in [-0.39, 0.29) is 5.41 Å². The van der Waals surface area contributed by atoms with Crippen molar-refractivity contribution < 1.29 is 9.47 Å². The summed E-state index contributed by atoms with van der Waals surface area (Å²) in [6, 6.07) is 8.39. The van der Waals surface area contributed by atoms with Gasteiger partial charge in [0.15, 0.2) is 0 Å². The average Bonchev–Trinajstić information content (AvgIpc) is 2.93. The Morgan fingerprint density at radius 3 is 3.00 bits per heavy atom. The minimum Gasteiger partial charge on any atom is -0.492 e. The molecule has 1 fully saturated rings. The van der Waals surface area contributed by atoms with Crippen LogP contribution < -0.4 is 4.74 Å². The van der Waals surface area contributed by atoms with Gasteiger partial charge in [0, 0.05) is 16.9 Å². The molecule has 96 valence electrons. The minimum atomic E-state index is 0.117. The standard InChI is InChI=1S/C16H20O2/c1-12-9-17-10-13(12)7-8-16(2)11-18-15-6-4-3-5-14(15)16/h3-7,12H,8-11H2,1-2H3/b13-7-. The maximum Gasteiger partial charge on any atom is 0.123 e. The second-order valence-corrected chi connectivity index (χ2v) is 5.74. The van der Waals surface area contributed by atoms with Crippen molar-refractivity contribution in [3.8, 4) is 5.75 Å². The number of hydrogen-bond acceptors (Lipinski definition) is 2. The number of rotatable bonds is 2. The third kappa shape index (κ3) is 1.95. The van der Waals surface area contributed by atoms with Gasteiger partial charge in [0.2, 0.25) is 0 Å². The predicted octanol–water partition coefficient (Wildman–Crippen LogP) is 3.32. The lowest BCUT2D eigenvalue weighted by Gasteiger charge is -2.21. The molecule has 3 rings (SSSR count). The molecule has 1 aromatic carbocycles. The van der Waals surface area contributed by atoms with Crippen molar-refractivity contribution in [1.29, 1.82) is 0 Å². The van der Waals surface area contributed by atoms with Gasteiger partial charge < -0.3 is 9.47 Å². The Morgan fingerprint density at radius 1 is 1.39 bits per heavy atom. The summed E-state index contributed by atoms with van der Waals surface area (Å²) in [6.07, 6.45) is 3.40. The van der Waals surface area contributed by atoms with E-state index in [1.54, 1.807) is 0 Å². The Labute approximate surface area is 109 Å². The highest BCUT2D eigenvalue weighted by Crippen LogP contribution is 2.41. The molecule has 1 saturated heterocycles. The van der Waals surface area contributed by atoms with E-state index in [9.17, 15) is 0 Å². The van der Waals surface area contributed by atoms with Gasteiger partial charge in [-0.1, -0.05) is 38.1 Å². The summed E-state index contributed by atoms with van der Waals surface area (Å²) < 4.78 is 11.3. The maximum atomic E-state index is 5.80. The number of hydrogen-bond donors (Lipinski definition) is 0. The van der Waals surface area contributed by atoms with Gasteiger partial charge in [0.25, 0.3) is 0 Å². The van der Waals surface area contributed by atoms with E-state index in [4.69, 9.17) is 9.47 Å². The SMILES string of the molecule is CC1COC/C1=C/CC1(C)COc2ccccc21. The largest absolute Gasteiger partial charge is 0.492 e. The van der Waals surface area contributed by atoms with Crippen LogP contribution in [0.1, 0.15) is 25.8 Å². The molecule has 2 heteroatoms. The molecule has 2 atom stereocenters. The van der Waals surface area contributed by atoms with Gasteiger partial charge in [-0.25, -0.2) is 0 Å². The fraction of sp³-hybridized carbons (Fsp3) is 0.500. The molecule has 0 amide bonds. The molecule has 0 saturated carbocycles. The second kappa shape index (κ2) is 4.43. The van der Waals surface area contributed by atoms with Crippen molar-refractivity contribution in [1.82, 2.24) is 0 Å². The Bertz CT molecular complexity index is 478. The lowest BCUT2D eigenvalue weighted by Crippen LogP contribution is -2.23. The monoisotopic (exact) mass is 244 g/mol. The molecule has 2 nitrogen and oxygen atoms in total. The third-order valence-electron chi connectivity index (χ3n) is 4.17. The topological polar surface area (TPSA) is 18.5 Å². The second-order valence-electron chi connectivity index (χ2n) is 5.74. The van der Waals surface area contributed by atoms with Crippen LogP contribution in [0.3, 0.4) is 0 Å². The molecule has 0 spiro atoms. The molecule has 0 aromatic heterocycles. The number of ether oxygens (including phenoxy) is 2. The van der Waals surface area contributed by atoms with Crippen LogP contribution in [0.15, 0.2) is 35.9 Å². The van der Waals surface area contributed by atoms with Gasteiger partial charge in [-0.2, -0.15) is 0 Å². The van der Waals surface area contributed by atoms with Crippen molar-refractivity contribution in [2.75, 3.05) is 19.8 Å². The van der Waals surface area contributed by atoms with E-state index in [2.05, 4.69) is 38.1 Å². The zero-order chi connectivity index (χ0) is 12.6. The van der Waals surface area contributed by atoms with Crippen LogP contribution in [0.5, 0.6) is 5.75 Å². The lowest BCUT2D eigenvalue weighted by molar-refractivity contribution is 0.191. The normalized spacial score (nSPS) is 32.6. The number of para-hydroxylation sites is 1. The van der Waals surface area contributed by atoms with Crippen LogP contribution in [0.2, 0.25) is 0 Å². The summed E-state index contributed by atoms with van der Waals surface area (Å²) in [4.78, 5) is 0. The number of fused-ring (bicyclic) bond motifs is 1. The molecule has 0 radical (unpaired) electrons. The summed E-state index contributed by atoms with van der Waals surface area (Å²) in [5.41, 5.74) is 2.90. The van der Waals surface area contributed by atoms with Crippen LogP contribution >= 0.6 is 0 Å². The van der Waals surface area contributed by atoms with E-state index in [0.29, 0.717) is 5.92 Å². The predicted molar refractivity (Wildman–Crippen MR) is 72.0 cm³/mol. The molecule has 0 N–H and O–H groups in total. The van der Waals surface area contributed by atoms with E-state index in [1.807, 2.05) is 6.07 Å². The van der Waals surface area contributed by atoms with Gasteiger partial charge >= 0.3 is 0 Å². The minimum absolute atomic E-state index is 0.117. The average molecular weight is 244 g/mol. The van der Waals surface area contributed by atoms with Gasteiger partial charge in [0.05, 0.1) is 19.8 Å². The molecule has 0 bridgehead atoms. The smallest absolute Gasteiger partial charge is 0.123 e. The van der Waals surface area contributed by atoms with Gasteiger partial charge in [-0.05, 0) is 18.1 Å². The third-order valence-corrected chi connectivity index (χ3v) is 4.17. The molecule has 18 heavy (non-hydrogen) atoms. The molecule has 2 unspecified atom stereocenters. The van der Waals surface area contributed by atoms with E-state index in [0.717, 1.165) is 32.0 Å². The highest BCUT2D eigenvalue weighted by Gasteiger charge is 2.35. The van der Waals surface area contributed by atoms with Crippen molar-refractivity contribution in [3.05, 3.63) is 41.5 Å². The molecular formula is C16H20O2. The number of benzene rings is 1. The van der Waals surface area contributed by atoms with Gasteiger partial charge in [-0.15, -0.1) is 0 Å². The van der Waals surface area contributed by atoms with Crippen LogP contribution in [0, 0.1) is 5.92 Å². The highest BCUT2D eigenvalue weighted by atomic mass is 16.5. The number of allylic oxidation sites excluding steroid dienone is 1. The van der Waals surface area contributed by atoms with Crippen molar-refractivity contribution in [2.45, 2.75) is 25.7 Å². The van der Waals surface area contributed by atoms with E-state index in [1.165, 1.54) is 11.1 Å². The zero-order valence-corrected chi connectivity index (χ0v) is 11.1. The summed E-state index contributed by atoms with van der Waals surface area (Å²) in [5, 5.41) is 0. The first-order valence-electron chi connectivity index (χ1n) is 6.68. The maximum absolute atomic E-state index is 5.80. The van der Waals surface area contributed by atoms with E-state index >= 15 is 0 Å². The van der Waals surface area contributed by atoms with Crippen LogP contribution in [0.25, 0.3) is 0 Å². The Morgan fingerprint density at radius 2 is 2.22 bits per heavy atom. The van der Waals surface area contributed by atoms with Crippen molar-refractivity contribution in [2.24, 2.45) is 5.92 Å². The van der Waals surface area contributed by atoms with Crippen LogP contribution in [0.4, 0.5) is 0 Å². The van der Waals surface area contributed by atoms with Crippen molar-refractivity contribution >= 4 is 0 Å². The Kier molecular flexibility index (Phi) is 2.90. The molecule has 1 aromatic rings. The quantitative estimate of drug-likeness (QED) is 0.743. The molecular weight excluding hydrogens is 224 g/mol. The van der Waals surface area contributed by atoms with E-state index < -0.39 is 0 Å². The van der Waals surface area contributed by atoms with Gasteiger partial charge in [0.1, 0.15) is 5.75 Å². The molecule has 2 aliphatic rings. The summed E-state index contributed by atoms with van der Waals surface area (Å²) >= 11 is 0. The fourth-order valence-electron chi connectivity index (χ4n) is 2.79. The first kappa shape index (κ1) is 11.8. The Hall–Kier alpha value is -1.28. The first-order chi connectivity index (χ1) is 8.69. The zero-order valence-electron chi connectivity index (χ0n) is 11.1. The summed E-state index contributed by atoms with van der Waals surface area (Å²) in [7, 11) is 0. The highest BCUT2D eigenvalue weighted by molar-refractivity contribution is 5.43. The van der Waals surface area contributed by atoms with Crippen molar-refractivity contribution in [3.63, 3.8) is 0 Å². The first-order valence-corrected chi connectivity index (χ1v) is 6.68. The molecule has 0 aliphatic carbocycles. The summed E-state index contributed by atoms with van der Waals surface area (Å²) in [5.74, 6) is 1.63. The Balaban J connectivity index is 1.81. The lowest BCUT2D eigenvalue weighted by atomic mass is 9.80. The van der Waals surface area contributed by atoms with Crippen LogP contribution in [-0.4, -0.2) is 19.8 Å².